The van der Waals surface area contributed by atoms with Gasteiger partial charge in [-0.1, -0.05) is 41.9 Å². The zero-order chi connectivity index (χ0) is 24.1. The number of rotatable bonds is 9. The summed E-state index contributed by atoms with van der Waals surface area (Å²) in [5, 5.41) is 7.57. The number of carbonyl (C=O) groups excluding carboxylic acids is 1. The van der Waals surface area contributed by atoms with Gasteiger partial charge in [0, 0.05) is 12.2 Å². The van der Waals surface area contributed by atoms with E-state index in [9.17, 15) is 21.6 Å². The molecule has 0 aromatic heterocycles. The smallest absolute Gasteiger partial charge is 0.262 e. The van der Waals surface area contributed by atoms with Gasteiger partial charge in [0.2, 0.25) is 20.0 Å². The largest absolute Gasteiger partial charge is 0.482 e. The molecule has 0 unspecified atom stereocenters. The lowest BCUT2D eigenvalue weighted by Gasteiger charge is -2.11. The first kappa shape index (κ1) is 24.7. The predicted octanol–water partition coefficient (Wildman–Crippen LogP) is 2.48. The van der Waals surface area contributed by atoms with Crippen LogP contribution in [0.4, 0.5) is 5.69 Å². The molecular formula is C21H20ClN3O6S2. The van der Waals surface area contributed by atoms with E-state index in [-0.39, 0.29) is 27.1 Å². The molecule has 0 saturated heterocycles. The van der Waals surface area contributed by atoms with E-state index >= 15 is 0 Å². The van der Waals surface area contributed by atoms with Gasteiger partial charge >= 0.3 is 0 Å². The molecule has 3 aromatic rings. The number of carbonyl (C=O) groups is 1. The van der Waals surface area contributed by atoms with Crippen LogP contribution in [0.25, 0.3) is 0 Å². The molecule has 0 heterocycles. The Morgan fingerprint density at radius 3 is 2.15 bits per heavy atom. The quantitative estimate of drug-likeness (QED) is 0.404. The molecule has 33 heavy (non-hydrogen) atoms. The molecule has 0 aliphatic rings. The number of nitrogens with one attached hydrogen (secondary N) is 2. The fourth-order valence-corrected chi connectivity index (χ4v) is 4.55. The first-order valence-corrected chi connectivity index (χ1v) is 12.8. The van der Waals surface area contributed by atoms with Gasteiger partial charge < -0.3 is 10.1 Å². The molecule has 0 aliphatic heterocycles. The van der Waals surface area contributed by atoms with Crippen molar-refractivity contribution in [3.05, 3.63) is 83.4 Å². The average Bonchev–Trinajstić information content (AvgIpc) is 2.77. The summed E-state index contributed by atoms with van der Waals surface area (Å²) in [7, 11) is -7.64. The highest BCUT2D eigenvalue weighted by Gasteiger charge is 2.17. The summed E-state index contributed by atoms with van der Waals surface area (Å²) in [5.41, 5.74) is 1.14. The van der Waals surface area contributed by atoms with Crippen molar-refractivity contribution in [3.8, 4) is 5.75 Å². The summed E-state index contributed by atoms with van der Waals surface area (Å²) < 4.78 is 55.4. The second-order valence-electron chi connectivity index (χ2n) is 6.81. The number of sulfonamides is 2. The van der Waals surface area contributed by atoms with Gasteiger partial charge in [-0.2, -0.15) is 0 Å². The topological polar surface area (TPSA) is 145 Å². The van der Waals surface area contributed by atoms with Crippen molar-refractivity contribution >= 4 is 43.2 Å². The molecule has 174 valence electrons. The van der Waals surface area contributed by atoms with Gasteiger partial charge in [0.05, 0.1) is 14.8 Å². The van der Waals surface area contributed by atoms with Crippen molar-refractivity contribution < 1.29 is 26.4 Å². The van der Waals surface area contributed by atoms with Crippen LogP contribution < -0.4 is 19.9 Å². The van der Waals surface area contributed by atoms with Gasteiger partial charge in [0.25, 0.3) is 5.91 Å². The zero-order valence-corrected chi connectivity index (χ0v) is 19.5. The number of halogens is 1. The molecule has 9 nitrogen and oxygen atoms in total. The molecule has 3 rings (SSSR count). The van der Waals surface area contributed by atoms with Gasteiger partial charge in [-0.05, 0) is 48.0 Å². The van der Waals surface area contributed by atoms with Crippen LogP contribution in [0, 0.1) is 0 Å². The minimum atomic E-state index is -3.83. The summed E-state index contributed by atoms with van der Waals surface area (Å²) >= 11 is 6.14. The average molecular weight is 510 g/mol. The van der Waals surface area contributed by atoms with Crippen LogP contribution in [-0.4, -0.2) is 29.3 Å². The van der Waals surface area contributed by atoms with Crippen molar-refractivity contribution in [2.75, 3.05) is 11.9 Å². The van der Waals surface area contributed by atoms with E-state index < -0.39 is 32.6 Å². The Balaban J connectivity index is 1.58. The van der Waals surface area contributed by atoms with Crippen LogP contribution >= 0.6 is 11.6 Å². The van der Waals surface area contributed by atoms with Gasteiger partial charge in [0.1, 0.15) is 5.75 Å². The molecule has 0 fully saturated rings. The van der Waals surface area contributed by atoms with E-state index in [4.69, 9.17) is 21.5 Å². The molecule has 4 N–H and O–H groups in total. The number of hydrogen-bond acceptors (Lipinski definition) is 6. The number of benzene rings is 3. The maximum atomic E-state index is 12.5. The lowest BCUT2D eigenvalue weighted by Crippen LogP contribution is -2.23. The Labute approximate surface area is 196 Å². The SMILES string of the molecule is NS(=O)(=O)c1ccc(NC(=O)COc2ccc(S(=O)(=O)NCc3ccccc3)cc2Cl)cc1. The second-order valence-corrected chi connectivity index (χ2v) is 10.5. The molecule has 12 heteroatoms. The zero-order valence-electron chi connectivity index (χ0n) is 17.1. The second kappa shape index (κ2) is 10.3. The van der Waals surface area contributed by atoms with E-state index in [0.717, 1.165) is 5.56 Å². The lowest BCUT2D eigenvalue weighted by atomic mass is 10.2. The van der Waals surface area contributed by atoms with E-state index in [0.29, 0.717) is 5.69 Å². The van der Waals surface area contributed by atoms with Crippen molar-refractivity contribution in [2.45, 2.75) is 16.3 Å². The summed E-state index contributed by atoms with van der Waals surface area (Å²) in [6.07, 6.45) is 0. The minimum absolute atomic E-state index is 0.0166. The highest BCUT2D eigenvalue weighted by Crippen LogP contribution is 2.27. The van der Waals surface area contributed by atoms with Crippen LogP contribution in [0.3, 0.4) is 0 Å². The lowest BCUT2D eigenvalue weighted by molar-refractivity contribution is -0.118. The maximum absolute atomic E-state index is 12.5. The maximum Gasteiger partial charge on any atom is 0.262 e. The van der Waals surface area contributed by atoms with Crippen LogP contribution in [0.15, 0.2) is 82.6 Å². The summed E-state index contributed by atoms with van der Waals surface area (Å²) in [4.78, 5) is 12.0. The molecule has 0 spiro atoms. The van der Waals surface area contributed by atoms with Crippen LogP contribution in [-0.2, 0) is 31.4 Å². The van der Waals surface area contributed by atoms with Crippen LogP contribution in [0.5, 0.6) is 5.75 Å². The number of amides is 1. The first-order chi connectivity index (χ1) is 15.5. The minimum Gasteiger partial charge on any atom is -0.482 e. The predicted molar refractivity (Wildman–Crippen MR) is 124 cm³/mol. The highest BCUT2D eigenvalue weighted by atomic mass is 35.5. The Hall–Kier alpha value is -2.96. The van der Waals surface area contributed by atoms with Crippen molar-refractivity contribution in [2.24, 2.45) is 5.14 Å². The van der Waals surface area contributed by atoms with E-state index in [1.165, 1.54) is 42.5 Å². The molecule has 0 saturated carbocycles. The fraction of sp³-hybridized carbons (Fsp3) is 0.0952. The molecule has 0 radical (unpaired) electrons. The Bertz CT molecular complexity index is 1350. The Morgan fingerprint density at radius 2 is 1.55 bits per heavy atom. The number of primary sulfonamides is 1. The monoisotopic (exact) mass is 509 g/mol. The first-order valence-electron chi connectivity index (χ1n) is 9.43. The van der Waals surface area contributed by atoms with Crippen molar-refractivity contribution in [1.82, 2.24) is 4.72 Å². The third-order valence-corrected chi connectivity index (χ3v) is 6.97. The molecule has 0 aliphatic carbocycles. The third-order valence-electron chi connectivity index (χ3n) is 4.35. The van der Waals surface area contributed by atoms with E-state index in [1.54, 1.807) is 12.1 Å². The van der Waals surface area contributed by atoms with E-state index in [1.807, 2.05) is 18.2 Å². The fourth-order valence-electron chi connectivity index (χ4n) is 2.69. The van der Waals surface area contributed by atoms with Gasteiger partial charge in [-0.15, -0.1) is 0 Å². The van der Waals surface area contributed by atoms with E-state index in [2.05, 4.69) is 10.0 Å². The molecule has 0 atom stereocenters. The normalized spacial score (nSPS) is 11.7. The van der Waals surface area contributed by atoms with Crippen LogP contribution in [0.2, 0.25) is 5.02 Å². The Morgan fingerprint density at radius 1 is 0.909 bits per heavy atom. The van der Waals surface area contributed by atoms with Gasteiger partial charge in [0.15, 0.2) is 6.61 Å². The summed E-state index contributed by atoms with van der Waals surface area (Å²) in [6, 6.07) is 18.2. The molecule has 0 bridgehead atoms. The molecule has 1 amide bonds. The molecular weight excluding hydrogens is 490 g/mol. The standard InChI is InChI=1S/C21H20ClN3O6S2/c22-19-12-18(33(29,30)24-13-15-4-2-1-3-5-15)10-11-20(19)31-14-21(26)25-16-6-8-17(9-7-16)32(23,27)28/h1-12,24H,13-14H2,(H,25,26)(H2,23,27,28). The van der Waals surface area contributed by atoms with Crippen LogP contribution in [0.1, 0.15) is 5.56 Å². The van der Waals surface area contributed by atoms with Crippen molar-refractivity contribution in [1.29, 1.82) is 0 Å². The number of anilines is 1. The van der Waals surface area contributed by atoms with Gasteiger partial charge in [-0.3, -0.25) is 4.79 Å². The summed E-state index contributed by atoms with van der Waals surface area (Å²) in [5.74, 6) is -0.408. The molecule has 3 aromatic carbocycles. The highest BCUT2D eigenvalue weighted by molar-refractivity contribution is 7.89. The summed E-state index contributed by atoms with van der Waals surface area (Å²) in [6.45, 7) is -0.285. The van der Waals surface area contributed by atoms with Crippen molar-refractivity contribution in [3.63, 3.8) is 0 Å². The van der Waals surface area contributed by atoms with Gasteiger partial charge in [-0.25, -0.2) is 26.7 Å². The number of hydrogen-bond donors (Lipinski definition) is 3. The Kier molecular flexibility index (Phi) is 7.72. The number of ether oxygens (including phenoxy) is 1. The number of nitrogens with two attached hydrogens (primary N) is 1. The third kappa shape index (κ3) is 7.01.